The Labute approximate surface area is 211 Å². The van der Waals surface area contributed by atoms with Gasteiger partial charge in [-0.25, -0.2) is 0 Å². The summed E-state index contributed by atoms with van der Waals surface area (Å²) in [6, 6.07) is -1.57. The average molecular weight is 497 g/mol. The van der Waals surface area contributed by atoms with Crippen LogP contribution in [0.4, 0.5) is 0 Å². The second kappa shape index (κ2) is 17.1. The Hall–Kier alpha value is -2.45. The summed E-state index contributed by atoms with van der Waals surface area (Å²) < 4.78 is 0. The number of hydrogen-bond acceptors (Lipinski definition) is 5. The molecule has 2 aliphatic rings. The van der Waals surface area contributed by atoms with Gasteiger partial charge in [-0.15, -0.1) is 0 Å². The summed E-state index contributed by atoms with van der Waals surface area (Å²) >= 11 is 0. The number of likely N-dealkylation sites (tertiary alicyclic amines) is 1. The molecule has 0 bridgehead atoms. The van der Waals surface area contributed by atoms with Crippen molar-refractivity contribution >= 4 is 29.4 Å². The van der Waals surface area contributed by atoms with Gasteiger partial charge in [0.1, 0.15) is 6.04 Å². The van der Waals surface area contributed by atoms with Gasteiger partial charge in [-0.05, 0) is 31.1 Å². The Morgan fingerprint density at radius 3 is 1.94 bits per heavy atom. The summed E-state index contributed by atoms with van der Waals surface area (Å²) in [7, 11) is 1.37. The molecule has 2 atom stereocenters. The number of nitrogens with zero attached hydrogens (tertiary/aromatic N) is 1. The summed E-state index contributed by atoms with van der Waals surface area (Å²) in [5, 5.41) is 7.55. The molecule has 2 rings (SSSR count). The van der Waals surface area contributed by atoms with Crippen molar-refractivity contribution < 1.29 is 24.0 Å². The lowest BCUT2D eigenvalue weighted by Gasteiger charge is -2.26. The predicted molar refractivity (Wildman–Crippen MR) is 137 cm³/mol. The van der Waals surface area contributed by atoms with Crippen molar-refractivity contribution in [2.45, 2.75) is 99.1 Å². The fraction of sp³-hybridized carbons (Fsp3) is 0.808. The molecule has 1 saturated carbocycles. The zero-order chi connectivity index (χ0) is 27.1. The van der Waals surface area contributed by atoms with E-state index < -0.39 is 29.7 Å². The first kappa shape index (κ1) is 32.5. The summed E-state index contributed by atoms with van der Waals surface area (Å²) in [5.74, 6) is -1.44. The number of carbonyl (C=O) groups excluding carboxylic acids is 5. The molecule has 0 aromatic carbocycles. The van der Waals surface area contributed by atoms with E-state index in [0.29, 0.717) is 31.7 Å². The first-order valence-corrected chi connectivity index (χ1v) is 13.0. The van der Waals surface area contributed by atoms with Gasteiger partial charge in [0, 0.05) is 19.5 Å². The largest absolute Gasteiger partial charge is 0.353 e. The third-order valence-electron chi connectivity index (χ3n) is 5.16. The molecular weight excluding hydrogens is 448 g/mol. The molecule has 0 aromatic rings. The lowest BCUT2D eigenvalue weighted by atomic mass is 10.0. The van der Waals surface area contributed by atoms with E-state index in [1.807, 2.05) is 0 Å². The minimum absolute atomic E-state index is 0.163. The van der Waals surface area contributed by atoms with Crippen molar-refractivity contribution in [1.29, 1.82) is 0 Å². The van der Waals surface area contributed by atoms with Crippen LogP contribution in [0.3, 0.4) is 0 Å². The van der Waals surface area contributed by atoms with Crippen molar-refractivity contribution in [3.8, 4) is 0 Å². The van der Waals surface area contributed by atoms with E-state index in [-0.39, 0.29) is 24.3 Å². The number of likely N-dealkylation sites (N-methyl/N-ethyl adjacent to an activating group) is 1. The molecule has 0 aromatic heterocycles. The van der Waals surface area contributed by atoms with Gasteiger partial charge in [-0.2, -0.15) is 0 Å². The molecule has 4 amide bonds. The second-order valence-electron chi connectivity index (χ2n) is 10.2. The van der Waals surface area contributed by atoms with Crippen LogP contribution in [0.1, 0.15) is 87.0 Å². The second-order valence-corrected chi connectivity index (χ2v) is 10.2. The van der Waals surface area contributed by atoms with Crippen LogP contribution < -0.4 is 16.0 Å². The monoisotopic (exact) mass is 496 g/mol. The smallest absolute Gasteiger partial charge is 0.289 e. The number of Topliss-reactive ketones (excluding diaryl/α,β-unsaturated/α-hetero) is 1. The Bertz CT molecular complexity index is 701. The minimum atomic E-state index is -0.877. The number of amides is 4. The van der Waals surface area contributed by atoms with Crippen LogP contribution in [0.15, 0.2) is 0 Å². The number of carbonyl (C=O) groups is 5. The van der Waals surface area contributed by atoms with Crippen LogP contribution in [0.5, 0.6) is 0 Å². The van der Waals surface area contributed by atoms with Gasteiger partial charge >= 0.3 is 0 Å². The minimum Gasteiger partial charge on any atom is -0.353 e. The van der Waals surface area contributed by atoms with Crippen LogP contribution in [0, 0.1) is 17.8 Å². The Morgan fingerprint density at radius 2 is 1.49 bits per heavy atom. The topological polar surface area (TPSA) is 125 Å². The molecule has 202 valence electrons. The quantitative estimate of drug-likeness (QED) is 0.423. The summed E-state index contributed by atoms with van der Waals surface area (Å²) in [6.07, 6.45) is 4.80. The summed E-state index contributed by atoms with van der Waals surface area (Å²) in [4.78, 5) is 62.3. The van der Waals surface area contributed by atoms with Crippen molar-refractivity contribution in [1.82, 2.24) is 20.9 Å². The molecule has 1 aliphatic carbocycles. The van der Waals surface area contributed by atoms with E-state index in [1.165, 1.54) is 18.4 Å². The van der Waals surface area contributed by atoms with Crippen LogP contribution >= 0.6 is 0 Å². The fourth-order valence-corrected chi connectivity index (χ4v) is 3.27. The van der Waals surface area contributed by atoms with E-state index >= 15 is 0 Å². The molecule has 2 fully saturated rings. The van der Waals surface area contributed by atoms with Gasteiger partial charge in [0.2, 0.25) is 23.5 Å². The molecule has 1 saturated heterocycles. The highest BCUT2D eigenvalue weighted by Crippen LogP contribution is 2.33. The molecule has 9 nitrogen and oxygen atoms in total. The number of ketones is 1. The zero-order valence-electron chi connectivity index (χ0n) is 23.0. The van der Waals surface area contributed by atoms with Gasteiger partial charge in [0.05, 0.1) is 12.6 Å². The molecule has 1 aliphatic heterocycles. The van der Waals surface area contributed by atoms with Crippen molar-refractivity contribution in [3.05, 3.63) is 0 Å². The van der Waals surface area contributed by atoms with Gasteiger partial charge in [0.15, 0.2) is 0 Å². The van der Waals surface area contributed by atoms with Crippen LogP contribution in [-0.4, -0.2) is 66.5 Å². The van der Waals surface area contributed by atoms with Gasteiger partial charge in [0.25, 0.3) is 5.91 Å². The third kappa shape index (κ3) is 13.3. The SMILES string of the molecule is CC(C)C.CCC.CNC(=O)C(=O)C(CC1CC1)NC(=O)C1CCCN1C(=O)CNC(=O)C(C)C. The maximum Gasteiger partial charge on any atom is 0.289 e. The molecule has 0 spiro atoms. The molecule has 9 heteroatoms. The summed E-state index contributed by atoms with van der Waals surface area (Å²) in [6.45, 7) is 14.5. The van der Waals surface area contributed by atoms with Gasteiger partial charge in [-0.1, -0.05) is 67.7 Å². The molecule has 1 heterocycles. The predicted octanol–water partition coefficient (Wildman–Crippen LogP) is 2.43. The van der Waals surface area contributed by atoms with E-state index in [0.717, 1.165) is 18.8 Å². The Morgan fingerprint density at radius 1 is 0.943 bits per heavy atom. The van der Waals surface area contributed by atoms with E-state index in [9.17, 15) is 24.0 Å². The maximum absolute atomic E-state index is 12.8. The third-order valence-corrected chi connectivity index (χ3v) is 5.16. The standard InChI is InChI=1S/C19H30N4O5.C4H10.C3H8/c1-11(2)17(26)21-10-15(24)23-8-4-5-14(23)18(27)22-13(9-12-6-7-12)16(25)19(28)20-3;1-4(2)3;1-3-2/h11-14H,4-10H2,1-3H3,(H,20,28)(H,21,26)(H,22,27);4H,1-3H3;3H2,1-2H3. The normalized spacial score (nSPS) is 17.4. The lowest BCUT2D eigenvalue weighted by Crippen LogP contribution is -2.54. The van der Waals surface area contributed by atoms with Crippen LogP contribution in [0.2, 0.25) is 0 Å². The number of hydrogen-bond donors (Lipinski definition) is 3. The Kier molecular flexibility index (Phi) is 15.9. The highest BCUT2D eigenvalue weighted by molar-refractivity contribution is 6.38. The highest BCUT2D eigenvalue weighted by Gasteiger charge is 2.38. The molecule has 0 radical (unpaired) electrons. The van der Waals surface area contributed by atoms with Crippen molar-refractivity contribution in [3.63, 3.8) is 0 Å². The van der Waals surface area contributed by atoms with Crippen molar-refractivity contribution in [2.24, 2.45) is 17.8 Å². The van der Waals surface area contributed by atoms with Crippen molar-refractivity contribution in [2.75, 3.05) is 20.1 Å². The van der Waals surface area contributed by atoms with Crippen LogP contribution in [-0.2, 0) is 24.0 Å². The first-order valence-electron chi connectivity index (χ1n) is 13.0. The number of nitrogens with one attached hydrogen (secondary N) is 3. The highest BCUT2D eigenvalue weighted by atomic mass is 16.2. The van der Waals surface area contributed by atoms with Gasteiger partial charge in [-0.3, -0.25) is 24.0 Å². The molecular formula is C26H48N4O5. The molecule has 2 unspecified atom stereocenters. The molecule has 3 N–H and O–H groups in total. The molecule has 35 heavy (non-hydrogen) atoms. The fourth-order valence-electron chi connectivity index (χ4n) is 3.27. The first-order chi connectivity index (χ1) is 16.4. The van der Waals surface area contributed by atoms with Gasteiger partial charge < -0.3 is 20.9 Å². The maximum atomic E-state index is 12.8. The van der Waals surface area contributed by atoms with E-state index in [1.54, 1.807) is 13.8 Å². The Balaban J connectivity index is 0.00000146. The number of rotatable bonds is 9. The average Bonchev–Trinajstić information content (AvgIpc) is 3.46. The van der Waals surface area contributed by atoms with Crippen LogP contribution in [0.25, 0.3) is 0 Å². The lowest BCUT2D eigenvalue weighted by molar-refractivity contribution is -0.142. The summed E-state index contributed by atoms with van der Waals surface area (Å²) in [5.41, 5.74) is 0. The zero-order valence-corrected chi connectivity index (χ0v) is 23.0. The van der Waals surface area contributed by atoms with E-state index in [4.69, 9.17) is 0 Å². The van der Waals surface area contributed by atoms with E-state index in [2.05, 4.69) is 50.6 Å².